The summed E-state index contributed by atoms with van der Waals surface area (Å²) in [6.45, 7) is -0.364. The number of ketones is 1. The van der Waals surface area contributed by atoms with Crippen LogP contribution in [0.1, 0.15) is 20.7 Å². The number of carbonyl (C=O) groups is 2. The highest BCUT2D eigenvalue weighted by Gasteiger charge is 2.18. The Morgan fingerprint density at radius 3 is 2.22 bits per heavy atom. The Balaban J connectivity index is 2.10. The highest BCUT2D eigenvalue weighted by molar-refractivity contribution is 6.01. The van der Waals surface area contributed by atoms with Gasteiger partial charge in [0.2, 0.25) is 0 Å². The van der Waals surface area contributed by atoms with Gasteiger partial charge in [0, 0.05) is 17.7 Å². The van der Waals surface area contributed by atoms with Crippen molar-refractivity contribution in [1.82, 2.24) is 0 Å². The van der Waals surface area contributed by atoms with E-state index in [0.29, 0.717) is 17.1 Å². The first-order valence-corrected chi connectivity index (χ1v) is 6.83. The molecule has 2 rings (SSSR count). The Kier molecular flexibility index (Phi) is 5.19. The number of methoxy groups -OCH3 is 2. The molecule has 0 fully saturated rings. The van der Waals surface area contributed by atoms with E-state index in [9.17, 15) is 9.59 Å². The Labute approximate surface area is 133 Å². The Bertz CT molecular complexity index is 712. The zero-order chi connectivity index (χ0) is 16.8. The molecule has 0 atom stereocenters. The van der Waals surface area contributed by atoms with Gasteiger partial charge in [0.05, 0.1) is 25.5 Å². The summed E-state index contributed by atoms with van der Waals surface area (Å²) in [5, 5.41) is 0. The van der Waals surface area contributed by atoms with Gasteiger partial charge in [-0.05, 0) is 0 Å². The van der Waals surface area contributed by atoms with Crippen molar-refractivity contribution in [2.24, 2.45) is 0 Å². The molecule has 6 heteroatoms. The standard InChI is InChI=1S/C17H17NO5/c1-21-15-8-12(13(18)9-16(15)22-2)17(20)23-10-14(19)11-6-4-3-5-7-11/h3-9H,10,18H2,1-2H3. The minimum absolute atomic E-state index is 0.114. The first kappa shape index (κ1) is 16.4. The normalized spacial score (nSPS) is 10.0. The molecule has 0 saturated carbocycles. The molecule has 0 aliphatic rings. The van der Waals surface area contributed by atoms with Crippen LogP contribution in [0.5, 0.6) is 11.5 Å². The molecule has 2 aromatic carbocycles. The summed E-state index contributed by atoms with van der Waals surface area (Å²) < 4.78 is 15.3. The van der Waals surface area contributed by atoms with Gasteiger partial charge in [-0.3, -0.25) is 4.79 Å². The third-order valence-electron chi connectivity index (χ3n) is 3.21. The van der Waals surface area contributed by atoms with Crippen LogP contribution in [-0.4, -0.2) is 32.6 Å². The fraction of sp³-hybridized carbons (Fsp3) is 0.176. The monoisotopic (exact) mass is 315 g/mol. The SMILES string of the molecule is COc1cc(N)c(C(=O)OCC(=O)c2ccccc2)cc1OC. The van der Waals surface area contributed by atoms with Crippen LogP contribution < -0.4 is 15.2 Å². The maximum Gasteiger partial charge on any atom is 0.340 e. The second-order valence-electron chi connectivity index (χ2n) is 4.66. The maximum atomic E-state index is 12.1. The fourth-order valence-corrected chi connectivity index (χ4v) is 1.99. The number of esters is 1. The van der Waals surface area contributed by atoms with Crippen molar-refractivity contribution >= 4 is 17.4 Å². The van der Waals surface area contributed by atoms with Crippen LogP contribution in [0.4, 0.5) is 5.69 Å². The maximum absolute atomic E-state index is 12.1. The lowest BCUT2D eigenvalue weighted by Crippen LogP contribution is -2.15. The van der Waals surface area contributed by atoms with Crippen LogP contribution in [0.3, 0.4) is 0 Å². The number of ether oxygens (including phenoxy) is 3. The van der Waals surface area contributed by atoms with E-state index in [1.54, 1.807) is 30.3 Å². The Morgan fingerprint density at radius 2 is 1.61 bits per heavy atom. The van der Waals surface area contributed by atoms with Crippen molar-refractivity contribution in [3.05, 3.63) is 53.6 Å². The summed E-state index contributed by atoms with van der Waals surface area (Å²) in [5.74, 6) is -0.240. The van der Waals surface area contributed by atoms with Gasteiger partial charge >= 0.3 is 5.97 Å². The third-order valence-corrected chi connectivity index (χ3v) is 3.21. The molecule has 23 heavy (non-hydrogen) atoms. The number of benzene rings is 2. The number of carbonyl (C=O) groups excluding carboxylic acids is 2. The molecule has 0 heterocycles. The van der Waals surface area contributed by atoms with Crippen molar-refractivity contribution in [3.63, 3.8) is 0 Å². The van der Waals surface area contributed by atoms with Gasteiger partial charge in [-0.15, -0.1) is 0 Å². The summed E-state index contributed by atoms with van der Waals surface area (Å²) in [4.78, 5) is 24.1. The lowest BCUT2D eigenvalue weighted by atomic mass is 10.1. The number of anilines is 1. The molecule has 0 aromatic heterocycles. The molecule has 2 N–H and O–H groups in total. The van der Waals surface area contributed by atoms with E-state index in [1.165, 1.54) is 26.4 Å². The highest BCUT2D eigenvalue weighted by atomic mass is 16.5. The third kappa shape index (κ3) is 3.79. The molecule has 0 spiro atoms. The van der Waals surface area contributed by atoms with E-state index in [2.05, 4.69) is 0 Å². The van der Waals surface area contributed by atoms with Crippen LogP contribution >= 0.6 is 0 Å². The molecule has 0 radical (unpaired) electrons. The smallest absolute Gasteiger partial charge is 0.340 e. The first-order chi connectivity index (χ1) is 11.1. The lowest BCUT2D eigenvalue weighted by Gasteiger charge is -2.12. The van der Waals surface area contributed by atoms with Gasteiger partial charge < -0.3 is 19.9 Å². The largest absolute Gasteiger partial charge is 0.493 e. The molecule has 2 aromatic rings. The molecule has 0 saturated heterocycles. The van der Waals surface area contributed by atoms with E-state index in [4.69, 9.17) is 19.9 Å². The number of nitrogen functional groups attached to an aromatic ring is 1. The van der Waals surface area contributed by atoms with Gasteiger partial charge in [-0.1, -0.05) is 30.3 Å². The molecule has 0 amide bonds. The second kappa shape index (κ2) is 7.31. The highest BCUT2D eigenvalue weighted by Crippen LogP contribution is 2.32. The van der Waals surface area contributed by atoms with Crippen molar-refractivity contribution < 1.29 is 23.8 Å². The van der Waals surface area contributed by atoms with Gasteiger partial charge in [-0.2, -0.15) is 0 Å². The lowest BCUT2D eigenvalue weighted by molar-refractivity contribution is 0.0475. The topological polar surface area (TPSA) is 87.9 Å². The van der Waals surface area contributed by atoms with Crippen LogP contribution in [0.25, 0.3) is 0 Å². The average Bonchev–Trinajstić information content (AvgIpc) is 2.59. The van der Waals surface area contributed by atoms with Crippen LogP contribution in [0, 0.1) is 0 Å². The van der Waals surface area contributed by atoms with E-state index in [0.717, 1.165) is 0 Å². The first-order valence-electron chi connectivity index (χ1n) is 6.83. The fourth-order valence-electron chi connectivity index (χ4n) is 1.99. The molecule has 0 bridgehead atoms. The number of Topliss-reactive ketones (excluding diaryl/α,β-unsaturated/α-hetero) is 1. The molecule has 0 unspecified atom stereocenters. The van der Waals surface area contributed by atoms with E-state index < -0.39 is 5.97 Å². The van der Waals surface area contributed by atoms with Gasteiger partial charge in [0.15, 0.2) is 23.9 Å². The quantitative estimate of drug-likeness (QED) is 0.500. The summed E-state index contributed by atoms with van der Waals surface area (Å²) in [5.41, 5.74) is 6.59. The second-order valence-corrected chi connectivity index (χ2v) is 4.66. The molecule has 6 nitrogen and oxygen atoms in total. The number of hydrogen-bond acceptors (Lipinski definition) is 6. The van der Waals surface area contributed by atoms with Crippen molar-refractivity contribution in [1.29, 1.82) is 0 Å². The van der Waals surface area contributed by atoms with Crippen LogP contribution in [-0.2, 0) is 4.74 Å². The Morgan fingerprint density at radius 1 is 1.00 bits per heavy atom. The van der Waals surface area contributed by atoms with Gasteiger partial charge in [0.25, 0.3) is 0 Å². The van der Waals surface area contributed by atoms with E-state index >= 15 is 0 Å². The molecular weight excluding hydrogens is 298 g/mol. The van der Waals surface area contributed by atoms with Crippen molar-refractivity contribution in [2.75, 3.05) is 26.6 Å². The number of rotatable bonds is 6. The molecule has 0 aliphatic carbocycles. The van der Waals surface area contributed by atoms with Gasteiger partial charge in [-0.25, -0.2) is 4.79 Å². The Hall–Kier alpha value is -3.02. The summed E-state index contributed by atoms with van der Waals surface area (Å²) >= 11 is 0. The minimum atomic E-state index is -0.701. The molecular formula is C17H17NO5. The summed E-state index contributed by atoms with van der Waals surface area (Å²) in [6, 6.07) is 11.5. The predicted octanol–water partition coefficient (Wildman–Crippen LogP) is 2.33. The van der Waals surface area contributed by atoms with Gasteiger partial charge in [0.1, 0.15) is 0 Å². The summed E-state index contributed by atoms with van der Waals surface area (Å²) in [7, 11) is 2.91. The number of hydrogen-bond donors (Lipinski definition) is 1. The van der Waals surface area contributed by atoms with Crippen molar-refractivity contribution in [3.8, 4) is 11.5 Å². The van der Waals surface area contributed by atoms with E-state index in [-0.39, 0.29) is 23.6 Å². The van der Waals surface area contributed by atoms with Crippen LogP contribution in [0.2, 0.25) is 0 Å². The molecule has 120 valence electrons. The van der Waals surface area contributed by atoms with Crippen LogP contribution in [0.15, 0.2) is 42.5 Å². The summed E-state index contributed by atoms with van der Waals surface area (Å²) in [6.07, 6.45) is 0. The van der Waals surface area contributed by atoms with Crippen molar-refractivity contribution in [2.45, 2.75) is 0 Å². The zero-order valence-electron chi connectivity index (χ0n) is 12.9. The zero-order valence-corrected chi connectivity index (χ0v) is 12.9. The van der Waals surface area contributed by atoms with E-state index in [1.807, 2.05) is 0 Å². The predicted molar refractivity (Wildman–Crippen MR) is 85.0 cm³/mol. The number of nitrogens with two attached hydrogens (primary N) is 1. The average molecular weight is 315 g/mol. The minimum Gasteiger partial charge on any atom is -0.493 e. The molecule has 0 aliphatic heterocycles.